The zero-order valence-electron chi connectivity index (χ0n) is 9.79. The number of halogens is 1. The lowest BCUT2D eigenvalue weighted by Gasteiger charge is -2.21. The van der Waals surface area contributed by atoms with Crippen LogP contribution in [0, 0.1) is 5.41 Å². The first kappa shape index (κ1) is 14.3. The smallest absolute Gasteiger partial charge is 0.288 e. The fraction of sp³-hybridized carbons (Fsp3) is 0.700. The minimum absolute atomic E-state index is 0.181. The van der Waals surface area contributed by atoms with Crippen molar-refractivity contribution in [2.45, 2.75) is 13.8 Å². The van der Waals surface area contributed by atoms with Gasteiger partial charge in [-0.15, -0.1) is 11.6 Å². The Morgan fingerprint density at radius 1 is 1.53 bits per heavy atom. The minimum atomic E-state index is -0.644. The summed E-state index contributed by atoms with van der Waals surface area (Å²) in [7, 11) is 0. The molecule has 1 N–H and O–H groups in total. The van der Waals surface area contributed by atoms with E-state index in [2.05, 4.69) is 5.32 Å². The highest BCUT2D eigenvalue weighted by atomic mass is 35.5. The lowest BCUT2D eigenvalue weighted by Crippen LogP contribution is -2.43. The van der Waals surface area contributed by atoms with E-state index in [0.29, 0.717) is 0 Å². The summed E-state index contributed by atoms with van der Waals surface area (Å²) in [5.41, 5.74) is -0.644. The Balaban J connectivity index is 2.36. The van der Waals surface area contributed by atoms with Crippen molar-refractivity contribution in [1.82, 2.24) is 10.2 Å². The van der Waals surface area contributed by atoms with E-state index in [1.807, 2.05) is 0 Å². The van der Waals surface area contributed by atoms with Crippen LogP contribution in [0.2, 0.25) is 0 Å². The molecule has 0 atom stereocenters. The maximum Gasteiger partial charge on any atom is 0.288 e. The molecule has 1 heterocycles. The van der Waals surface area contributed by atoms with E-state index >= 15 is 0 Å². The van der Waals surface area contributed by atoms with Crippen molar-refractivity contribution in [1.29, 1.82) is 0 Å². The standard InChI is InChI=1S/C10H15ClN2O3S/c1-10(2,6-11)8(15)12-3-4-13-7(14)5-17-9(13)16/h3-6H2,1-2H3,(H,12,15). The summed E-state index contributed by atoms with van der Waals surface area (Å²) < 4.78 is 0. The second kappa shape index (κ2) is 5.73. The van der Waals surface area contributed by atoms with Crippen LogP contribution in [0.4, 0.5) is 4.79 Å². The Labute approximate surface area is 109 Å². The lowest BCUT2D eigenvalue weighted by molar-refractivity contribution is -0.129. The third-order valence-corrected chi connectivity index (χ3v) is 3.94. The number of carbonyl (C=O) groups excluding carboxylic acids is 3. The Bertz CT molecular complexity index is 330. The number of amides is 3. The van der Waals surface area contributed by atoms with Gasteiger partial charge in [0.15, 0.2) is 0 Å². The van der Waals surface area contributed by atoms with Gasteiger partial charge in [0, 0.05) is 19.0 Å². The van der Waals surface area contributed by atoms with Crippen molar-refractivity contribution in [3.63, 3.8) is 0 Å². The SMILES string of the molecule is CC(C)(CCl)C(=O)NCCN1C(=O)CSC1=O. The van der Waals surface area contributed by atoms with Gasteiger partial charge in [-0.05, 0) is 13.8 Å². The average Bonchev–Trinajstić information content (AvgIpc) is 2.60. The van der Waals surface area contributed by atoms with Gasteiger partial charge in [0.1, 0.15) is 0 Å². The molecule has 1 aliphatic heterocycles. The number of nitrogens with one attached hydrogen (secondary N) is 1. The van der Waals surface area contributed by atoms with Gasteiger partial charge in [-0.25, -0.2) is 0 Å². The van der Waals surface area contributed by atoms with E-state index in [0.717, 1.165) is 16.7 Å². The quantitative estimate of drug-likeness (QED) is 0.764. The van der Waals surface area contributed by atoms with Crippen LogP contribution >= 0.6 is 23.4 Å². The molecular formula is C10H15ClN2O3S. The number of carbonyl (C=O) groups is 3. The molecule has 0 aromatic heterocycles. The Hall–Kier alpha value is -0.750. The molecule has 0 unspecified atom stereocenters. The van der Waals surface area contributed by atoms with Crippen LogP contribution in [0.5, 0.6) is 0 Å². The molecule has 0 radical (unpaired) electrons. The van der Waals surface area contributed by atoms with Crippen LogP contribution in [0.25, 0.3) is 0 Å². The summed E-state index contributed by atoms with van der Waals surface area (Å²) in [6.45, 7) is 3.95. The van der Waals surface area contributed by atoms with Crippen molar-refractivity contribution in [2.75, 3.05) is 24.7 Å². The van der Waals surface area contributed by atoms with Gasteiger partial charge in [0.05, 0.1) is 11.2 Å². The number of thioether (sulfide) groups is 1. The number of imide groups is 1. The number of hydrogen-bond donors (Lipinski definition) is 1. The minimum Gasteiger partial charge on any atom is -0.354 e. The predicted octanol–water partition coefficient (Wildman–Crippen LogP) is 1.06. The summed E-state index contributed by atoms with van der Waals surface area (Å²) in [4.78, 5) is 35.3. The third kappa shape index (κ3) is 3.61. The fourth-order valence-corrected chi connectivity index (χ4v) is 2.05. The van der Waals surface area contributed by atoms with Crippen LogP contribution in [-0.2, 0) is 9.59 Å². The molecule has 1 saturated heterocycles. The Morgan fingerprint density at radius 2 is 2.18 bits per heavy atom. The summed E-state index contributed by atoms with van der Waals surface area (Å²) in [6.07, 6.45) is 0. The monoisotopic (exact) mass is 278 g/mol. The molecule has 1 fully saturated rings. The average molecular weight is 279 g/mol. The molecule has 1 rings (SSSR count). The molecule has 3 amide bonds. The molecule has 0 aromatic rings. The lowest BCUT2D eigenvalue weighted by atomic mass is 9.95. The largest absolute Gasteiger partial charge is 0.354 e. The highest BCUT2D eigenvalue weighted by Gasteiger charge is 2.30. The molecule has 0 aliphatic carbocycles. The molecule has 0 bridgehead atoms. The summed E-state index contributed by atoms with van der Waals surface area (Å²) in [5, 5.41) is 2.41. The second-order valence-corrected chi connectivity index (χ2v) is 5.57. The van der Waals surface area contributed by atoms with E-state index in [1.54, 1.807) is 13.8 Å². The zero-order valence-corrected chi connectivity index (χ0v) is 11.4. The molecular weight excluding hydrogens is 264 g/mol. The molecule has 96 valence electrons. The van der Waals surface area contributed by atoms with Crippen molar-refractivity contribution in [3.05, 3.63) is 0 Å². The van der Waals surface area contributed by atoms with E-state index in [1.165, 1.54) is 0 Å². The van der Waals surface area contributed by atoms with Gasteiger partial charge >= 0.3 is 0 Å². The van der Waals surface area contributed by atoms with Crippen LogP contribution in [0.1, 0.15) is 13.8 Å². The summed E-state index contributed by atoms with van der Waals surface area (Å²) >= 11 is 6.64. The van der Waals surface area contributed by atoms with Crippen LogP contribution < -0.4 is 5.32 Å². The molecule has 5 nitrogen and oxygen atoms in total. The summed E-state index contributed by atoms with van der Waals surface area (Å²) in [5.74, 6) is 0.0287. The van der Waals surface area contributed by atoms with Crippen molar-refractivity contribution < 1.29 is 14.4 Å². The maximum absolute atomic E-state index is 11.6. The molecule has 7 heteroatoms. The third-order valence-electron chi connectivity index (χ3n) is 2.41. The second-order valence-electron chi connectivity index (χ2n) is 4.37. The van der Waals surface area contributed by atoms with Gasteiger partial charge in [-0.1, -0.05) is 11.8 Å². The molecule has 0 spiro atoms. The van der Waals surface area contributed by atoms with Gasteiger partial charge in [-0.3, -0.25) is 19.3 Å². The van der Waals surface area contributed by atoms with Crippen molar-refractivity contribution in [3.8, 4) is 0 Å². The van der Waals surface area contributed by atoms with Crippen LogP contribution in [0.3, 0.4) is 0 Å². The first-order chi connectivity index (χ1) is 7.88. The van der Waals surface area contributed by atoms with E-state index < -0.39 is 5.41 Å². The van der Waals surface area contributed by atoms with E-state index in [9.17, 15) is 14.4 Å². The number of rotatable bonds is 5. The highest BCUT2D eigenvalue weighted by Crippen LogP contribution is 2.18. The van der Waals surface area contributed by atoms with Crippen LogP contribution in [0.15, 0.2) is 0 Å². The van der Waals surface area contributed by atoms with Crippen molar-refractivity contribution >= 4 is 40.4 Å². The molecule has 0 saturated carbocycles. The van der Waals surface area contributed by atoms with E-state index in [4.69, 9.17) is 11.6 Å². The Morgan fingerprint density at radius 3 is 2.65 bits per heavy atom. The van der Waals surface area contributed by atoms with Gasteiger partial charge < -0.3 is 5.32 Å². The van der Waals surface area contributed by atoms with Gasteiger partial charge in [-0.2, -0.15) is 0 Å². The predicted molar refractivity (Wildman–Crippen MR) is 67.1 cm³/mol. The highest BCUT2D eigenvalue weighted by molar-refractivity contribution is 8.14. The summed E-state index contributed by atoms with van der Waals surface area (Å²) in [6, 6.07) is 0. The number of alkyl halides is 1. The topological polar surface area (TPSA) is 66.5 Å². The fourth-order valence-electron chi connectivity index (χ4n) is 1.18. The molecule has 0 aromatic carbocycles. The van der Waals surface area contributed by atoms with E-state index in [-0.39, 0.29) is 41.8 Å². The first-order valence-corrected chi connectivity index (χ1v) is 6.72. The van der Waals surface area contributed by atoms with Gasteiger partial charge in [0.2, 0.25) is 11.8 Å². The number of hydrogen-bond acceptors (Lipinski definition) is 4. The van der Waals surface area contributed by atoms with Crippen LogP contribution in [-0.4, -0.2) is 46.7 Å². The maximum atomic E-state index is 11.6. The zero-order chi connectivity index (χ0) is 13.1. The molecule has 1 aliphatic rings. The van der Waals surface area contributed by atoms with Crippen molar-refractivity contribution in [2.24, 2.45) is 5.41 Å². The number of nitrogens with zero attached hydrogens (tertiary/aromatic N) is 1. The normalized spacial score (nSPS) is 16.5. The first-order valence-electron chi connectivity index (χ1n) is 5.20. The molecule has 17 heavy (non-hydrogen) atoms. The Kier molecular flexibility index (Phi) is 4.82. The van der Waals surface area contributed by atoms with Gasteiger partial charge in [0.25, 0.3) is 5.24 Å².